The second kappa shape index (κ2) is 6.55. The van der Waals surface area contributed by atoms with Crippen molar-refractivity contribution in [3.8, 4) is 0 Å². The standard InChI is InChI=1S/C13H24ClN3O/c1-5-17-11(13(14)9(4)16-17)6-12(18)10(7-15)8(2)3/h8,10,12,18H,5-7,15H2,1-4H3. The molecule has 0 spiro atoms. The molecular formula is C13H24ClN3O. The fourth-order valence-electron chi connectivity index (χ4n) is 2.29. The van der Waals surface area contributed by atoms with E-state index in [0.29, 0.717) is 23.9 Å². The molecule has 5 heteroatoms. The average molecular weight is 274 g/mol. The quantitative estimate of drug-likeness (QED) is 0.833. The van der Waals surface area contributed by atoms with Gasteiger partial charge in [0, 0.05) is 13.0 Å². The number of nitrogens with zero attached hydrogens (tertiary/aromatic N) is 2. The van der Waals surface area contributed by atoms with E-state index < -0.39 is 6.10 Å². The van der Waals surface area contributed by atoms with E-state index in [0.717, 1.165) is 17.9 Å². The van der Waals surface area contributed by atoms with Crippen LogP contribution >= 0.6 is 11.6 Å². The molecule has 1 aromatic rings. The molecule has 104 valence electrons. The predicted octanol–water partition coefficient (Wildman–Crippen LogP) is 2.00. The molecule has 18 heavy (non-hydrogen) atoms. The van der Waals surface area contributed by atoms with Crippen LogP contribution in [-0.2, 0) is 13.0 Å². The SMILES string of the molecule is CCn1nc(C)c(Cl)c1CC(O)C(CN)C(C)C. The Morgan fingerprint density at radius 1 is 1.44 bits per heavy atom. The molecule has 0 fully saturated rings. The first-order chi connectivity index (χ1) is 8.42. The highest BCUT2D eigenvalue weighted by molar-refractivity contribution is 6.31. The van der Waals surface area contributed by atoms with E-state index in [4.69, 9.17) is 17.3 Å². The van der Waals surface area contributed by atoms with Crippen LogP contribution in [0.25, 0.3) is 0 Å². The van der Waals surface area contributed by atoms with Crippen molar-refractivity contribution in [2.45, 2.75) is 46.8 Å². The summed E-state index contributed by atoms with van der Waals surface area (Å²) in [5, 5.41) is 15.3. The van der Waals surface area contributed by atoms with Crippen LogP contribution in [0, 0.1) is 18.8 Å². The zero-order valence-electron chi connectivity index (χ0n) is 11.7. The van der Waals surface area contributed by atoms with Gasteiger partial charge in [-0.05, 0) is 32.2 Å². The minimum Gasteiger partial charge on any atom is -0.392 e. The molecule has 1 aromatic heterocycles. The summed E-state index contributed by atoms with van der Waals surface area (Å²) in [7, 11) is 0. The monoisotopic (exact) mass is 273 g/mol. The van der Waals surface area contributed by atoms with E-state index in [1.165, 1.54) is 0 Å². The van der Waals surface area contributed by atoms with Gasteiger partial charge < -0.3 is 10.8 Å². The van der Waals surface area contributed by atoms with Crippen molar-refractivity contribution in [1.82, 2.24) is 9.78 Å². The molecule has 1 rings (SSSR count). The van der Waals surface area contributed by atoms with E-state index in [1.54, 1.807) is 0 Å². The Kier molecular flexibility index (Phi) is 5.63. The fraction of sp³-hybridized carbons (Fsp3) is 0.769. The largest absolute Gasteiger partial charge is 0.392 e. The van der Waals surface area contributed by atoms with Crippen molar-refractivity contribution in [1.29, 1.82) is 0 Å². The second-order valence-electron chi connectivity index (χ2n) is 5.08. The second-order valence-corrected chi connectivity index (χ2v) is 5.45. The van der Waals surface area contributed by atoms with Crippen LogP contribution in [0.1, 0.15) is 32.2 Å². The summed E-state index contributed by atoms with van der Waals surface area (Å²) >= 11 is 6.24. The van der Waals surface area contributed by atoms with Crippen LogP contribution in [0.5, 0.6) is 0 Å². The lowest BCUT2D eigenvalue weighted by Gasteiger charge is -2.25. The van der Waals surface area contributed by atoms with Crippen LogP contribution in [-0.4, -0.2) is 27.5 Å². The van der Waals surface area contributed by atoms with Gasteiger partial charge in [0.1, 0.15) is 0 Å². The Morgan fingerprint density at radius 3 is 2.50 bits per heavy atom. The van der Waals surface area contributed by atoms with Gasteiger partial charge in [-0.3, -0.25) is 4.68 Å². The van der Waals surface area contributed by atoms with E-state index in [9.17, 15) is 5.11 Å². The zero-order chi connectivity index (χ0) is 13.9. The molecule has 0 saturated carbocycles. The molecule has 0 aliphatic carbocycles. The Hall–Kier alpha value is -0.580. The van der Waals surface area contributed by atoms with Crippen LogP contribution in [0.4, 0.5) is 0 Å². The Labute approximate surface area is 114 Å². The van der Waals surface area contributed by atoms with Crippen molar-refractivity contribution >= 4 is 11.6 Å². The average Bonchev–Trinajstić information content (AvgIpc) is 2.57. The molecule has 0 aromatic carbocycles. The number of hydrogen-bond acceptors (Lipinski definition) is 3. The van der Waals surface area contributed by atoms with Crippen molar-refractivity contribution in [2.24, 2.45) is 17.6 Å². The van der Waals surface area contributed by atoms with Gasteiger partial charge in [0.2, 0.25) is 0 Å². The number of aliphatic hydroxyl groups is 1. The molecule has 2 atom stereocenters. The molecule has 0 amide bonds. The van der Waals surface area contributed by atoms with Crippen LogP contribution < -0.4 is 5.73 Å². The topological polar surface area (TPSA) is 64.1 Å². The lowest BCUT2D eigenvalue weighted by atomic mass is 9.88. The summed E-state index contributed by atoms with van der Waals surface area (Å²) < 4.78 is 1.86. The third kappa shape index (κ3) is 3.25. The highest BCUT2D eigenvalue weighted by Crippen LogP contribution is 2.25. The predicted molar refractivity (Wildman–Crippen MR) is 74.7 cm³/mol. The lowest BCUT2D eigenvalue weighted by Crippen LogP contribution is -2.34. The Bertz CT molecular complexity index is 390. The first-order valence-corrected chi connectivity index (χ1v) is 6.90. The first-order valence-electron chi connectivity index (χ1n) is 6.52. The van der Waals surface area contributed by atoms with Crippen LogP contribution in [0.3, 0.4) is 0 Å². The van der Waals surface area contributed by atoms with E-state index >= 15 is 0 Å². The molecule has 0 radical (unpaired) electrons. The maximum atomic E-state index is 10.3. The van der Waals surface area contributed by atoms with Crippen molar-refractivity contribution < 1.29 is 5.11 Å². The third-order valence-corrected chi connectivity index (χ3v) is 3.97. The minimum atomic E-state index is -0.478. The summed E-state index contributed by atoms with van der Waals surface area (Å²) in [6.07, 6.45) is 0.0296. The number of aromatic nitrogens is 2. The van der Waals surface area contributed by atoms with Gasteiger partial charge in [-0.1, -0.05) is 25.4 Å². The first kappa shape index (κ1) is 15.5. The molecule has 1 heterocycles. The normalized spacial score (nSPS) is 15.1. The molecule has 2 unspecified atom stereocenters. The van der Waals surface area contributed by atoms with Gasteiger partial charge >= 0.3 is 0 Å². The zero-order valence-corrected chi connectivity index (χ0v) is 12.4. The number of aliphatic hydroxyl groups excluding tert-OH is 1. The molecule has 0 aliphatic heterocycles. The summed E-state index contributed by atoms with van der Waals surface area (Å²) in [6, 6.07) is 0. The molecule has 0 bridgehead atoms. The number of rotatable bonds is 6. The highest BCUT2D eigenvalue weighted by Gasteiger charge is 2.24. The van der Waals surface area contributed by atoms with Crippen molar-refractivity contribution in [3.05, 3.63) is 16.4 Å². The van der Waals surface area contributed by atoms with Gasteiger partial charge in [0.25, 0.3) is 0 Å². The van der Waals surface area contributed by atoms with E-state index in [1.807, 2.05) is 18.5 Å². The van der Waals surface area contributed by atoms with Gasteiger partial charge in [-0.15, -0.1) is 0 Å². The molecule has 0 aliphatic rings. The summed E-state index contributed by atoms with van der Waals surface area (Å²) in [6.45, 7) is 9.28. The van der Waals surface area contributed by atoms with Gasteiger partial charge in [0.05, 0.1) is 22.5 Å². The van der Waals surface area contributed by atoms with E-state index in [-0.39, 0.29) is 5.92 Å². The maximum Gasteiger partial charge on any atom is 0.0848 e. The molecular weight excluding hydrogens is 250 g/mol. The lowest BCUT2D eigenvalue weighted by molar-refractivity contribution is 0.0845. The number of halogens is 1. The summed E-state index contributed by atoms with van der Waals surface area (Å²) in [5.41, 5.74) is 7.45. The minimum absolute atomic E-state index is 0.0848. The van der Waals surface area contributed by atoms with Crippen molar-refractivity contribution in [2.75, 3.05) is 6.54 Å². The Morgan fingerprint density at radius 2 is 2.06 bits per heavy atom. The Balaban J connectivity index is 2.90. The van der Waals surface area contributed by atoms with Gasteiger partial charge in [0.15, 0.2) is 0 Å². The number of nitrogens with two attached hydrogens (primary N) is 1. The summed E-state index contributed by atoms with van der Waals surface area (Å²) in [5.74, 6) is 0.435. The maximum absolute atomic E-state index is 10.3. The summed E-state index contributed by atoms with van der Waals surface area (Å²) in [4.78, 5) is 0. The van der Waals surface area contributed by atoms with Crippen LogP contribution in [0.15, 0.2) is 0 Å². The van der Waals surface area contributed by atoms with Crippen molar-refractivity contribution in [3.63, 3.8) is 0 Å². The molecule has 0 saturated heterocycles. The smallest absolute Gasteiger partial charge is 0.0848 e. The van der Waals surface area contributed by atoms with Gasteiger partial charge in [-0.2, -0.15) is 5.10 Å². The van der Waals surface area contributed by atoms with Gasteiger partial charge in [-0.25, -0.2) is 0 Å². The van der Waals surface area contributed by atoms with E-state index in [2.05, 4.69) is 18.9 Å². The van der Waals surface area contributed by atoms with Crippen LogP contribution in [0.2, 0.25) is 5.02 Å². The molecule has 4 nitrogen and oxygen atoms in total. The molecule has 3 N–H and O–H groups in total. The number of aryl methyl sites for hydroxylation is 2. The number of hydrogen-bond donors (Lipinski definition) is 2. The third-order valence-electron chi connectivity index (χ3n) is 3.48. The highest BCUT2D eigenvalue weighted by atomic mass is 35.5. The fourth-order valence-corrected chi connectivity index (χ4v) is 2.50.